The average Bonchev–Trinajstić information content (AvgIpc) is 2.09. The van der Waals surface area contributed by atoms with Crippen LogP contribution in [-0.4, -0.2) is 6.26 Å². The van der Waals surface area contributed by atoms with Gasteiger partial charge in [-0.3, -0.25) is 0 Å². The van der Waals surface area contributed by atoms with Crippen LogP contribution in [0.25, 0.3) is 4.91 Å². The molecule has 0 aliphatic rings. The van der Waals surface area contributed by atoms with E-state index in [2.05, 4.69) is 31.2 Å². The summed E-state index contributed by atoms with van der Waals surface area (Å²) in [6, 6.07) is 8.43. The molecule has 0 atom stereocenters. The normalized spacial score (nSPS) is 12.5. The van der Waals surface area contributed by atoms with Crippen molar-refractivity contribution in [3.8, 4) is 0 Å². The lowest BCUT2D eigenvalue weighted by atomic mass is 10.1. The highest BCUT2D eigenvalue weighted by atomic mass is 32.2. The van der Waals surface area contributed by atoms with Crippen LogP contribution in [0.5, 0.6) is 0 Å². The van der Waals surface area contributed by atoms with Gasteiger partial charge in [0.25, 0.3) is 0 Å². The summed E-state index contributed by atoms with van der Waals surface area (Å²) in [5.74, 6) is 0. The first-order valence-corrected chi connectivity index (χ1v) is 5.45. The Kier molecular flexibility index (Phi) is 3.43. The molecule has 0 unspecified atom stereocenters. The van der Waals surface area contributed by atoms with Crippen molar-refractivity contribution in [2.24, 2.45) is 5.73 Å². The van der Waals surface area contributed by atoms with E-state index in [0.717, 1.165) is 5.70 Å². The zero-order valence-corrected chi connectivity index (χ0v) is 9.11. The second-order valence-corrected chi connectivity index (χ2v) is 3.90. The van der Waals surface area contributed by atoms with E-state index < -0.39 is 0 Å². The Balaban J connectivity index is 3.07. The van der Waals surface area contributed by atoms with Crippen LogP contribution < -0.4 is 5.73 Å². The fraction of sp³-hybridized carbons (Fsp3) is 0.273. The Morgan fingerprint density at radius 3 is 2.15 bits per heavy atom. The lowest BCUT2D eigenvalue weighted by molar-refractivity contribution is 1.33. The minimum atomic E-state index is 0.886. The van der Waals surface area contributed by atoms with Crippen molar-refractivity contribution >= 4 is 16.7 Å². The van der Waals surface area contributed by atoms with Crippen LogP contribution in [0.2, 0.25) is 0 Å². The number of hydrogen-bond donors (Lipinski definition) is 1. The van der Waals surface area contributed by atoms with Gasteiger partial charge in [0.1, 0.15) is 0 Å². The van der Waals surface area contributed by atoms with Gasteiger partial charge in [0, 0.05) is 10.6 Å². The van der Waals surface area contributed by atoms with Crippen molar-refractivity contribution in [1.29, 1.82) is 0 Å². The number of thioether (sulfide) groups is 1. The molecule has 0 aliphatic carbocycles. The van der Waals surface area contributed by atoms with Crippen molar-refractivity contribution in [2.45, 2.75) is 13.8 Å². The third-order valence-electron chi connectivity index (χ3n) is 1.88. The van der Waals surface area contributed by atoms with Crippen LogP contribution in [0.4, 0.5) is 0 Å². The molecule has 0 aromatic heterocycles. The molecule has 2 heteroatoms. The van der Waals surface area contributed by atoms with Gasteiger partial charge in [-0.15, -0.1) is 11.8 Å². The summed E-state index contributed by atoms with van der Waals surface area (Å²) < 4.78 is 0. The van der Waals surface area contributed by atoms with E-state index in [9.17, 15) is 0 Å². The number of nitrogens with two attached hydrogens (primary N) is 1. The van der Waals surface area contributed by atoms with E-state index in [1.807, 2.05) is 13.2 Å². The lowest BCUT2D eigenvalue weighted by Gasteiger charge is -2.06. The predicted octanol–water partition coefficient (Wildman–Crippen LogP) is 3.01. The van der Waals surface area contributed by atoms with Crippen molar-refractivity contribution in [2.75, 3.05) is 6.26 Å². The number of hydrogen-bond acceptors (Lipinski definition) is 2. The summed E-state index contributed by atoms with van der Waals surface area (Å²) in [5, 5.41) is 0. The van der Waals surface area contributed by atoms with Gasteiger partial charge >= 0.3 is 0 Å². The van der Waals surface area contributed by atoms with Crippen molar-refractivity contribution < 1.29 is 0 Å². The number of allylic oxidation sites excluding steroid dienone is 1. The summed E-state index contributed by atoms with van der Waals surface area (Å²) in [6.07, 6.45) is 2.05. The topological polar surface area (TPSA) is 26.0 Å². The molecule has 0 fully saturated rings. The van der Waals surface area contributed by atoms with Crippen LogP contribution in [0.15, 0.2) is 30.0 Å². The zero-order chi connectivity index (χ0) is 9.84. The number of aryl methyl sites for hydroxylation is 1. The molecule has 0 radical (unpaired) electrons. The maximum atomic E-state index is 5.78. The lowest BCUT2D eigenvalue weighted by Crippen LogP contribution is -1.95. The molecular weight excluding hydrogens is 178 g/mol. The Hall–Kier alpha value is -0.890. The molecule has 0 heterocycles. The molecule has 1 rings (SSSR count). The molecule has 0 bridgehead atoms. The van der Waals surface area contributed by atoms with E-state index in [-0.39, 0.29) is 0 Å². The van der Waals surface area contributed by atoms with Crippen molar-refractivity contribution in [1.82, 2.24) is 0 Å². The largest absolute Gasteiger partial charge is 0.401 e. The molecule has 2 N–H and O–H groups in total. The van der Waals surface area contributed by atoms with Gasteiger partial charge in [-0.05, 0) is 25.7 Å². The SMILES string of the molecule is CS/C(=C(/C)N)c1ccc(C)cc1. The van der Waals surface area contributed by atoms with Crippen molar-refractivity contribution in [3.63, 3.8) is 0 Å². The molecule has 1 aromatic carbocycles. The predicted molar refractivity (Wildman–Crippen MR) is 61.5 cm³/mol. The fourth-order valence-electron chi connectivity index (χ4n) is 1.21. The molecule has 13 heavy (non-hydrogen) atoms. The quantitative estimate of drug-likeness (QED) is 0.781. The maximum Gasteiger partial charge on any atom is 0.0326 e. The minimum Gasteiger partial charge on any atom is -0.401 e. The van der Waals surface area contributed by atoms with Crippen LogP contribution in [0.1, 0.15) is 18.1 Å². The molecular formula is C11H15NS. The highest BCUT2D eigenvalue weighted by Crippen LogP contribution is 2.26. The van der Waals surface area contributed by atoms with Crippen LogP contribution in [0.3, 0.4) is 0 Å². The van der Waals surface area contributed by atoms with Gasteiger partial charge in [-0.2, -0.15) is 0 Å². The Morgan fingerprint density at radius 1 is 1.23 bits per heavy atom. The molecule has 0 amide bonds. The monoisotopic (exact) mass is 193 g/mol. The van der Waals surface area contributed by atoms with E-state index in [1.165, 1.54) is 16.0 Å². The van der Waals surface area contributed by atoms with Gasteiger partial charge in [-0.25, -0.2) is 0 Å². The number of rotatable bonds is 2. The minimum absolute atomic E-state index is 0.886. The van der Waals surface area contributed by atoms with Gasteiger partial charge < -0.3 is 5.73 Å². The smallest absolute Gasteiger partial charge is 0.0326 e. The zero-order valence-electron chi connectivity index (χ0n) is 8.29. The van der Waals surface area contributed by atoms with E-state index >= 15 is 0 Å². The third-order valence-corrected chi connectivity index (χ3v) is 2.84. The highest BCUT2D eigenvalue weighted by molar-refractivity contribution is 8.07. The van der Waals surface area contributed by atoms with Gasteiger partial charge in [-0.1, -0.05) is 29.8 Å². The van der Waals surface area contributed by atoms with Gasteiger partial charge in [0.2, 0.25) is 0 Å². The summed E-state index contributed by atoms with van der Waals surface area (Å²) in [5.41, 5.74) is 9.14. The Morgan fingerprint density at radius 2 is 1.77 bits per heavy atom. The molecule has 0 aliphatic heterocycles. The maximum absolute atomic E-state index is 5.78. The van der Waals surface area contributed by atoms with Crippen LogP contribution in [0, 0.1) is 6.92 Å². The first-order chi connectivity index (χ1) is 6.15. The standard InChI is InChI=1S/C11H15NS/c1-8-4-6-10(7-5-8)11(13-3)9(2)12/h4-7H,12H2,1-3H3/b11-9-. The molecule has 0 spiro atoms. The number of benzene rings is 1. The van der Waals surface area contributed by atoms with Crippen LogP contribution >= 0.6 is 11.8 Å². The summed E-state index contributed by atoms with van der Waals surface area (Å²) in [6.45, 7) is 4.02. The Labute approximate surface area is 84.0 Å². The van der Waals surface area contributed by atoms with E-state index in [1.54, 1.807) is 11.8 Å². The second kappa shape index (κ2) is 4.38. The Bertz CT molecular complexity index is 307. The summed E-state index contributed by atoms with van der Waals surface area (Å²) >= 11 is 1.69. The third kappa shape index (κ3) is 2.52. The fourth-order valence-corrected chi connectivity index (χ4v) is 1.91. The summed E-state index contributed by atoms with van der Waals surface area (Å²) in [7, 11) is 0. The molecule has 1 nitrogen and oxygen atoms in total. The van der Waals surface area contributed by atoms with E-state index in [0.29, 0.717) is 0 Å². The average molecular weight is 193 g/mol. The van der Waals surface area contributed by atoms with Gasteiger partial charge in [0.05, 0.1) is 0 Å². The molecule has 1 aromatic rings. The van der Waals surface area contributed by atoms with Crippen LogP contribution in [-0.2, 0) is 0 Å². The molecule has 0 saturated carbocycles. The summed E-state index contributed by atoms with van der Waals surface area (Å²) in [4.78, 5) is 1.17. The van der Waals surface area contributed by atoms with Gasteiger partial charge in [0.15, 0.2) is 0 Å². The first-order valence-electron chi connectivity index (χ1n) is 4.22. The van der Waals surface area contributed by atoms with Crippen molar-refractivity contribution in [3.05, 3.63) is 41.1 Å². The molecule has 0 saturated heterocycles. The highest BCUT2D eigenvalue weighted by Gasteiger charge is 2.01. The second-order valence-electron chi connectivity index (χ2n) is 3.08. The molecule has 70 valence electrons. The first kappa shape index (κ1) is 10.2. The van der Waals surface area contributed by atoms with E-state index in [4.69, 9.17) is 5.73 Å².